The zero-order valence-corrected chi connectivity index (χ0v) is 18.4. The fourth-order valence-corrected chi connectivity index (χ4v) is 7.29. The van der Waals surface area contributed by atoms with Crippen molar-refractivity contribution >= 4 is 42.2 Å². The van der Waals surface area contributed by atoms with Gasteiger partial charge in [-0.2, -0.15) is 0 Å². The van der Waals surface area contributed by atoms with E-state index in [1.165, 1.54) is 23.2 Å². The molecule has 158 valence electrons. The molecule has 3 rings (SSSR count). The van der Waals surface area contributed by atoms with Crippen molar-refractivity contribution in [1.82, 2.24) is 9.88 Å². The minimum absolute atomic E-state index is 0.0453. The minimum Gasteiger partial charge on any atom is -0.337 e. The molecule has 29 heavy (non-hydrogen) atoms. The summed E-state index contributed by atoms with van der Waals surface area (Å²) in [6.07, 6.45) is 2.49. The molecule has 0 saturated carbocycles. The standard InChI is InChI=1S/C18H23N3O5S3/c1-2-10-20(15-8-12-28(23,24)14-15)17(22)13-21(18-19-9-11-27-18)29(25,26)16-6-4-3-5-7-16/h3-7,9,11,15H,2,8,10,12-14H2,1H3. The van der Waals surface area contributed by atoms with Crippen LogP contribution in [0, 0.1) is 0 Å². The maximum absolute atomic E-state index is 13.2. The van der Waals surface area contributed by atoms with Gasteiger partial charge in [0.15, 0.2) is 15.0 Å². The topological polar surface area (TPSA) is 105 Å². The summed E-state index contributed by atoms with van der Waals surface area (Å²) in [7, 11) is -7.17. The lowest BCUT2D eigenvalue weighted by molar-refractivity contribution is -0.131. The van der Waals surface area contributed by atoms with E-state index >= 15 is 0 Å². The Morgan fingerprint density at radius 3 is 2.55 bits per heavy atom. The lowest BCUT2D eigenvalue weighted by Gasteiger charge is -2.30. The summed E-state index contributed by atoms with van der Waals surface area (Å²) < 4.78 is 51.1. The van der Waals surface area contributed by atoms with Gasteiger partial charge in [-0.3, -0.25) is 4.79 Å². The number of carbonyl (C=O) groups is 1. The smallest absolute Gasteiger partial charge is 0.266 e. The van der Waals surface area contributed by atoms with Gasteiger partial charge in [0.1, 0.15) is 6.54 Å². The summed E-state index contributed by atoms with van der Waals surface area (Å²) in [5.74, 6) is -0.464. The third-order valence-corrected chi connectivity index (χ3v) is 9.09. The van der Waals surface area contributed by atoms with Crippen molar-refractivity contribution in [2.24, 2.45) is 0 Å². The number of anilines is 1. The Morgan fingerprint density at radius 1 is 1.28 bits per heavy atom. The zero-order valence-electron chi connectivity index (χ0n) is 16.0. The molecular weight excluding hydrogens is 434 g/mol. The predicted molar refractivity (Wildman–Crippen MR) is 112 cm³/mol. The Balaban J connectivity index is 1.90. The van der Waals surface area contributed by atoms with E-state index in [9.17, 15) is 21.6 Å². The monoisotopic (exact) mass is 457 g/mol. The molecule has 0 spiro atoms. The van der Waals surface area contributed by atoms with Crippen molar-refractivity contribution < 1.29 is 21.6 Å². The Bertz CT molecular complexity index is 1040. The number of rotatable bonds is 8. The van der Waals surface area contributed by atoms with E-state index < -0.39 is 38.4 Å². The Morgan fingerprint density at radius 2 is 2.00 bits per heavy atom. The van der Waals surface area contributed by atoms with Crippen LogP contribution in [0.5, 0.6) is 0 Å². The van der Waals surface area contributed by atoms with Gasteiger partial charge in [0.25, 0.3) is 10.0 Å². The van der Waals surface area contributed by atoms with Crippen LogP contribution in [0.2, 0.25) is 0 Å². The zero-order chi connectivity index (χ0) is 21.1. The van der Waals surface area contributed by atoms with Gasteiger partial charge in [0.2, 0.25) is 5.91 Å². The van der Waals surface area contributed by atoms with Gasteiger partial charge in [0.05, 0.1) is 16.4 Å². The number of hydrogen-bond acceptors (Lipinski definition) is 7. The van der Waals surface area contributed by atoms with Crippen LogP contribution >= 0.6 is 11.3 Å². The molecule has 1 aliphatic heterocycles. The van der Waals surface area contributed by atoms with Crippen LogP contribution in [-0.2, 0) is 24.7 Å². The van der Waals surface area contributed by atoms with E-state index in [-0.39, 0.29) is 21.5 Å². The number of sulfonamides is 1. The van der Waals surface area contributed by atoms with Gasteiger partial charge >= 0.3 is 0 Å². The number of carbonyl (C=O) groups excluding carboxylic acids is 1. The second-order valence-corrected chi connectivity index (χ2v) is 11.7. The summed E-state index contributed by atoms with van der Waals surface area (Å²) in [5.41, 5.74) is 0. The summed E-state index contributed by atoms with van der Waals surface area (Å²) in [6, 6.07) is 7.44. The molecule has 1 fully saturated rings. The van der Waals surface area contributed by atoms with Crippen LogP contribution in [0.3, 0.4) is 0 Å². The van der Waals surface area contributed by atoms with Crippen molar-refractivity contribution in [3.05, 3.63) is 41.9 Å². The minimum atomic E-state index is -4.00. The highest BCUT2D eigenvalue weighted by Crippen LogP contribution is 2.26. The molecule has 0 N–H and O–H groups in total. The molecule has 11 heteroatoms. The van der Waals surface area contributed by atoms with E-state index in [0.29, 0.717) is 19.4 Å². The molecule has 1 aromatic carbocycles. The second-order valence-electron chi connectivity index (χ2n) is 6.78. The molecule has 1 aliphatic rings. The van der Waals surface area contributed by atoms with Crippen LogP contribution in [0.1, 0.15) is 19.8 Å². The molecule has 0 bridgehead atoms. The molecule has 2 heterocycles. The van der Waals surface area contributed by atoms with Gasteiger partial charge in [-0.15, -0.1) is 11.3 Å². The Hall–Kier alpha value is -1.98. The van der Waals surface area contributed by atoms with E-state index in [0.717, 1.165) is 15.6 Å². The number of aromatic nitrogens is 1. The fourth-order valence-electron chi connectivity index (χ4n) is 3.30. The molecule has 8 nitrogen and oxygen atoms in total. The maximum atomic E-state index is 13.2. The number of amides is 1. The number of thiazole rings is 1. The molecule has 1 unspecified atom stereocenters. The second kappa shape index (κ2) is 8.80. The molecule has 1 amide bonds. The molecule has 1 aromatic heterocycles. The molecule has 0 aliphatic carbocycles. The molecule has 1 saturated heterocycles. The number of benzene rings is 1. The van der Waals surface area contributed by atoms with Crippen LogP contribution in [0.25, 0.3) is 0 Å². The van der Waals surface area contributed by atoms with Crippen LogP contribution < -0.4 is 4.31 Å². The lowest BCUT2D eigenvalue weighted by atomic mass is 10.2. The lowest BCUT2D eigenvalue weighted by Crippen LogP contribution is -2.48. The van der Waals surface area contributed by atoms with Crippen LogP contribution in [0.4, 0.5) is 5.13 Å². The van der Waals surface area contributed by atoms with Gasteiger partial charge in [-0.05, 0) is 25.0 Å². The fraction of sp³-hybridized carbons (Fsp3) is 0.444. The largest absolute Gasteiger partial charge is 0.337 e. The summed E-state index contributed by atoms with van der Waals surface area (Å²) in [4.78, 5) is 18.8. The third-order valence-electron chi connectivity index (χ3n) is 4.68. The first-order valence-corrected chi connectivity index (χ1v) is 13.4. The van der Waals surface area contributed by atoms with E-state index in [1.54, 1.807) is 23.6 Å². The predicted octanol–water partition coefficient (Wildman–Crippen LogP) is 1.76. The first kappa shape index (κ1) is 21.7. The first-order valence-electron chi connectivity index (χ1n) is 9.22. The molecule has 0 radical (unpaired) electrons. The normalized spacial score (nSPS) is 18.4. The van der Waals surface area contributed by atoms with Crippen molar-refractivity contribution in [1.29, 1.82) is 0 Å². The van der Waals surface area contributed by atoms with Gasteiger partial charge in [-0.1, -0.05) is 25.1 Å². The van der Waals surface area contributed by atoms with E-state index in [4.69, 9.17) is 0 Å². The summed E-state index contributed by atoms with van der Waals surface area (Å²) in [6.45, 7) is 1.83. The number of hydrogen-bond donors (Lipinski definition) is 0. The molecule has 2 aromatic rings. The quantitative estimate of drug-likeness (QED) is 0.598. The first-order chi connectivity index (χ1) is 13.7. The molecular formula is C18H23N3O5S3. The Kier molecular flexibility index (Phi) is 6.59. The molecule has 1 atom stereocenters. The third kappa shape index (κ3) is 4.96. The highest BCUT2D eigenvalue weighted by molar-refractivity contribution is 7.93. The summed E-state index contributed by atoms with van der Waals surface area (Å²) >= 11 is 1.12. The highest BCUT2D eigenvalue weighted by atomic mass is 32.2. The summed E-state index contributed by atoms with van der Waals surface area (Å²) in [5, 5.41) is 1.83. The number of sulfone groups is 1. The van der Waals surface area contributed by atoms with Crippen molar-refractivity contribution in [3.8, 4) is 0 Å². The van der Waals surface area contributed by atoms with Crippen molar-refractivity contribution in [3.63, 3.8) is 0 Å². The van der Waals surface area contributed by atoms with Gasteiger partial charge in [0, 0.05) is 24.2 Å². The number of nitrogens with zero attached hydrogens (tertiary/aromatic N) is 3. The van der Waals surface area contributed by atoms with Gasteiger partial charge in [-0.25, -0.2) is 26.1 Å². The van der Waals surface area contributed by atoms with Crippen LogP contribution in [-0.4, -0.2) is 63.3 Å². The maximum Gasteiger partial charge on any atom is 0.266 e. The van der Waals surface area contributed by atoms with Crippen LogP contribution in [0.15, 0.2) is 46.8 Å². The Labute approximate surface area is 175 Å². The average Bonchev–Trinajstić information content (AvgIpc) is 3.34. The van der Waals surface area contributed by atoms with Crippen molar-refractivity contribution in [2.45, 2.75) is 30.7 Å². The average molecular weight is 458 g/mol. The highest BCUT2D eigenvalue weighted by Gasteiger charge is 2.36. The van der Waals surface area contributed by atoms with E-state index in [1.807, 2.05) is 6.92 Å². The van der Waals surface area contributed by atoms with Gasteiger partial charge < -0.3 is 4.90 Å². The van der Waals surface area contributed by atoms with Crippen molar-refractivity contribution in [2.75, 3.05) is 28.9 Å². The van der Waals surface area contributed by atoms with E-state index in [2.05, 4.69) is 4.98 Å². The SMILES string of the molecule is CCCN(C(=O)CN(c1nccs1)S(=O)(=O)c1ccccc1)C1CCS(=O)(=O)C1.